The van der Waals surface area contributed by atoms with Gasteiger partial charge in [0.15, 0.2) is 0 Å². The van der Waals surface area contributed by atoms with Crippen LogP contribution in [0.25, 0.3) is 0 Å². The molecule has 3 nitrogen and oxygen atoms in total. The van der Waals surface area contributed by atoms with Gasteiger partial charge in [-0.2, -0.15) is 0 Å². The first-order valence-electron chi connectivity index (χ1n) is 9.08. The van der Waals surface area contributed by atoms with Gasteiger partial charge in [0, 0.05) is 37.3 Å². The standard InChI is InChI=1S/C21H25ClN2OS/c1-23(21(25)16-26-20-8-4-3-7-19(20)22)15-17-9-11-18(12-10-17)24-13-5-2-6-14-24/h3-4,7-12H,2,5-6,13-16H2,1H3. The Labute approximate surface area is 165 Å². The third-order valence-electron chi connectivity index (χ3n) is 4.69. The summed E-state index contributed by atoms with van der Waals surface area (Å²) in [7, 11) is 1.86. The van der Waals surface area contributed by atoms with E-state index in [2.05, 4.69) is 29.2 Å². The number of benzene rings is 2. The number of hydrogen-bond acceptors (Lipinski definition) is 3. The predicted molar refractivity (Wildman–Crippen MR) is 111 cm³/mol. The smallest absolute Gasteiger partial charge is 0.232 e. The highest BCUT2D eigenvalue weighted by Crippen LogP contribution is 2.27. The van der Waals surface area contributed by atoms with Crippen LogP contribution in [0.5, 0.6) is 0 Å². The largest absolute Gasteiger partial charge is 0.372 e. The molecule has 1 fully saturated rings. The second kappa shape index (κ2) is 9.33. The Hall–Kier alpha value is -1.65. The lowest BCUT2D eigenvalue weighted by Crippen LogP contribution is -2.29. The normalized spacial score (nSPS) is 14.3. The van der Waals surface area contributed by atoms with Gasteiger partial charge in [-0.05, 0) is 49.1 Å². The number of anilines is 1. The van der Waals surface area contributed by atoms with E-state index >= 15 is 0 Å². The maximum atomic E-state index is 12.4. The summed E-state index contributed by atoms with van der Waals surface area (Å²) in [6, 6.07) is 16.3. The number of carbonyl (C=O) groups excluding carboxylic acids is 1. The van der Waals surface area contributed by atoms with Gasteiger partial charge in [0.2, 0.25) is 5.91 Å². The van der Waals surface area contributed by atoms with Crippen LogP contribution in [-0.4, -0.2) is 36.7 Å². The van der Waals surface area contributed by atoms with Crippen LogP contribution >= 0.6 is 23.4 Å². The minimum atomic E-state index is 0.107. The molecule has 5 heteroatoms. The molecular weight excluding hydrogens is 364 g/mol. The molecule has 0 radical (unpaired) electrons. The summed E-state index contributed by atoms with van der Waals surface area (Å²) in [6.07, 6.45) is 3.90. The summed E-state index contributed by atoms with van der Waals surface area (Å²) < 4.78 is 0. The number of thioether (sulfide) groups is 1. The van der Waals surface area contributed by atoms with E-state index in [1.807, 2.05) is 31.3 Å². The minimum Gasteiger partial charge on any atom is -0.372 e. The molecule has 0 bridgehead atoms. The molecule has 0 aromatic heterocycles. The first kappa shape index (κ1) is 19.1. The summed E-state index contributed by atoms with van der Waals surface area (Å²) >= 11 is 7.63. The Bertz CT molecular complexity index is 729. The third kappa shape index (κ3) is 5.18. The molecule has 1 amide bonds. The minimum absolute atomic E-state index is 0.107. The Morgan fingerprint density at radius 3 is 2.46 bits per heavy atom. The van der Waals surface area contributed by atoms with Gasteiger partial charge in [-0.3, -0.25) is 4.79 Å². The van der Waals surface area contributed by atoms with Gasteiger partial charge in [0.25, 0.3) is 0 Å². The molecule has 1 heterocycles. The SMILES string of the molecule is CN(Cc1ccc(N2CCCCC2)cc1)C(=O)CSc1ccccc1Cl. The van der Waals surface area contributed by atoms with E-state index in [1.165, 1.54) is 36.7 Å². The van der Waals surface area contributed by atoms with Crippen molar-refractivity contribution in [3.05, 3.63) is 59.1 Å². The second-order valence-corrected chi connectivity index (χ2v) is 8.11. The molecule has 0 saturated carbocycles. The van der Waals surface area contributed by atoms with Crippen LogP contribution in [0.15, 0.2) is 53.4 Å². The highest BCUT2D eigenvalue weighted by atomic mass is 35.5. The Balaban J connectivity index is 1.51. The Kier molecular flexibility index (Phi) is 6.86. The van der Waals surface area contributed by atoms with E-state index in [4.69, 9.17) is 11.6 Å². The molecule has 26 heavy (non-hydrogen) atoms. The highest BCUT2D eigenvalue weighted by molar-refractivity contribution is 8.00. The zero-order chi connectivity index (χ0) is 18.4. The summed E-state index contributed by atoms with van der Waals surface area (Å²) in [4.78, 5) is 17.6. The van der Waals surface area contributed by atoms with Crippen molar-refractivity contribution in [1.82, 2.24) is 4.90 Å². The van der Waals surface area contributed by atoms with E-state index in [-0.39, 0.29) is 5.91 Å². The van der Waals surface area contributed by atoms with Gasteiger partial charge in [0.1, 0.15) is 0 Å². The van der Waals surface area contributed by atoms with Crippen molar-refractivity contribution in [3.8, 4) is 0 Å². The monoisotopic (exact) mass is 388 g/mol. The molecule has 1 saturated heterocycles. The molecule has 2 aromatic rings. The third-order valence-corrected chi connectivity index (χ3v) is 6.19. The molecule has 0 spiro atoms. The van der Waals surface area contributed by atoms with E-state index < -0.39 is 0 Å². The van der Waals surface area contributed by atoms with Gasteiger partial charge in [-0.1, -0.05) is 35.9 Å². The fraction of sp³-hybridized carbons (Fsp3) is 0.381. The van der Waals surface area contributed by atoms with Crippen LogP contribution in [0.2, 0.25) is 5.02 Å². The molecule has 0 N–H and O–H groups in total. The maximum Gasteiger partial charge on any atom is 0.232 e. The van der Waals surface area contributed by atoms with Crippen molar-refractivity contribution in [3.63, 3.8) is 0 Å². The zero-order valence-electron chi connectivity index (χ0n) is 15.2. The first-order valence-corrected chi connectivity index (χ1v) is 10.4. The van der Waals surface area contributed by atoms with Crippen LogP contribution in [0.3, 0.4) is 0 Å². The molecule has 0 atom stereocenters. The van der Waals surface area contributed by atoms with Gasteiger partial charge in [-0.25, -0.2) is 0 Å². The van der Waals surface area contributed by atoms with Gasteiger partial charge >= 0.3 is 0 Å². The lowest BCUT2D eigenvalue weighted by atomic mass is 10.1. The van der Waals surface area contributed by atoms with Crippen molar-refractivity contribution < 1.29 is 4.79 Å². The first-order chi connectivity index (χ1) is 12.6. The molecule has 2 aromatic carbocycles. The Morgan fingerprint density at radius 2 is 1.77 bits per heavy atom. The highest BCUT2D eigenvalue weighted by Gasteiger charge is 2.13. The quantitative estimate of drug-likeness (QED) is 0.644. The van der Waals surface area contributed by atoms with Crippen molar-refractivity contribution in [2.75, 3.05) is 30.8 Å². The van der Waals surface area contributed by atoms with Crippen LogP contribution in [0, 0.1) is 0 Å². The van der Waals surface area contributed by atoms with Crippen LogP contribution < -0.4 is 4.90 Å². The van der Waals surface area contributed by atoms with Crippen LogP contribution in [0.4, 0.5) is 5.69 Å². The number of hydrogen-bond donors (Lipinski definition) is 0. The topological polar surface area (TPSA) is 23.6 Å². The van der Waals surface area contributed by atoms with Crippen molar-refractivity contribution >= 4 is 35.0 Å². The van der Waals surface area contributed by atoms with Crippen LogP contribution in [-0.2, 0) is 11.3 Å². The molecule has 1 aliphatic rings. The maximum absolute atomic E-state index is 12.4. The van der Waals surface area contributed by atoms with E-state index in [9.17, 15) is 4.79 Å². The molecule has 0 aliphatic carbocycles. The van der Waals surface area contributed by atoms with Crippen molar-refractivity contribution in [2.24, 2.45) is 0 Å². The summed E-state index contributed by atoms with van der Waals surface area (Å²) in [6.45, 7) is 2.93. The van der Waals surface area contributed by atoms with E-state index in [0.717, 1.165) is 23.5 Å². The molecule has 138 valence electrons. The van der Waals surface area contributed by atoms with Gasteiger partial charge in [0.05, 0.1) is 10.8 Å². The Morgan fingerprint density at radius 1 is 1.08 bits per heavy atom. The number of rotatable bonds is 6. The average molecular weight is 389 g/mol. The summed E-state index contributed by atoms with van der Waals surface area (Å²) in [5, 5.41) is 0.696. The average Bonchev–Trinajstić information content (AvgIpc) is 2.68. The summed E-state index contributed by atoms with van der Waals surface area (Å²) in [5.41, 5.74) is 2.45. The zero-order valence-corrected chi connectivity index (χ0v) is 16.7. The number of piperidine rings is 1. The molecule has 0 unspecified atom stereocenters. The molecule has 1 aliphatic heterocycles. The summed E-state index contributed by atoms with van der Waals surface area (Å²) in [5.74, 6) is 0.501. The second-order valence-electron chi connectivity index (χ2n) is 6.68. The fourth-order valence-corrected chi connectivity index (χ4v) is 4.32. The van der Waals surface area contributed by atoms with Crippen molar-refractivity contribution in [1.29, 1.82) is 0 Å². The number of nitrogens with zero attached hydrogens (tertiary/aromatic N) is 2. The number of amides is 1. The molecule has 3 rings (SSSR count). The van der Waals surface area contributed by atoms with E-state index in [0.29, 0.717) is 17.3 Å². The fourth-order valence-electron chi connectivity index (χ4n) is 3.14. The lowest BCUT2D eigenvalue weighted by molar-refractivity contribution is -0.127. The van der Waals surface area contributed by atoms with Gasteiger partial charge in [-0.15, -0.1) is 11.8 Å². The van der Waals surface area contributed by atoms with Crippen molar-refractivity contribution in [2.45, 2.75) is 30.7 Å². The predicted octanol–water partition coefficient (Wildman–Crippen LogP) is 5.08. The van der Waals surface area contributed by atoms with E-state index in [1.54, 1.807) is 4.90 Å². The number of carbonyl (C=O) groups is 1. The van der Waals surface area contributed by atoms with Gasteiger partial charge < -0.3 is 9.80 Å². The lowest BCUT2D eigenvalue weighted by Gasteiger charge is -2.29. The van der Waals surface area contributed by atoms with Crippen LogP contribution in [0.1, 0.15) is 24.8 Å². The number of halogens is 1. The molecular formula is C21H25ClN2OS.